The summed E-state index contributed by atoms with van der Waals surface area (Å²) in [4.78, 5) is 0. The van der Waals surface area contributed by atoms with Gasteiger partial charge in [-0.15, -0.1) is 0 Å². The van der Waals surface area contributed by atoms with Crippen molar-refractivity contribution < 1.29 is 14.6 Å². The van der Waals surface area contributed by atoms with Crippen molar-refractivity contribution in [1.82, 2.24) is 5.32 Å². The topological polar surface area (TPSA) is 50.7 Å². The predicted octanol–water partition coefficient (Wildman–Crippen LogP) is 0.258. The third-order valence-electron chi connectivity index (χ3n) is 3.04. The fraction of sp³-hybridized carbons (Fsp3) is 1.00. The van der Waals surface area contributed by atoms with Crippen LogP contribution < -0.4 is 5.32 Å². The Morgan fingerprint density at radius 3 is 3.00 bits per heavy atom. The van der Waals surface area contributed by atoms with Gasteiger partial charge < -0.3 is 19.9 Å². The Kier molecular flexibility index (Phi) is 6.92. The first-order chi connectivity index (χ1) is 7.38. The van der Waals surface area contributed by atoms with E-state index in [1.165, 1.54) is 0 Å². The highest BCUT2D eigenvalue weighted by molar-refractivity contribution is 4.73. The van der Waals surface area contributed by atoms with Gasteiger partial charge in [-0.05, 0) is 31.2 Å². The van der Waals surface area contributed by atoms with Crippen LogP contribution in [0.1, 0.15) is 12.8 Å². The SMILES string of the molecule is COCCNCCC(CO)C1CCOC1. The van der Waals surface area contributed by atoms with E-state index >= 15 is 0 Å². The minimum atomic E-state index is 0.278. The van der Waals surface area contributed by atoms with E-state index in [1.807, 2.05) is 0 Å². The van der Waals surface area contributed by atoms with Crippen LogP contribution in [0.2, 0.25) is 0 Å². The van der Waals surface area contributed by atoms with Gasteiger partial charge in [0.05, 0.1) is 6.61 Å². The van der Waals surface area contributed by atoms with Crippen molar-refractivity contribution in [3.8, 4) is 0 Å². The molecule has 1 saturated heterocycles. The summed E-state index contributed by atoms with van der Waals surface area (Å²) in [7, 11) is 1.70. The number of aliphatic hydroxyl groups excluding tert-OH is 1. The van der Waals surface area contributed by atoms with Crippen molar-refractivity contribution in [2.75, 3.05) is 46.6 Å². The molecule has 0 aliphatic carbocycles. The molecule has 2 unspecified atom stereocenters. The lowest BCUT2D eigenvalue weighted by Gasteiger charge is -2.19. The van der Waals surface area contributed by atoms with E-state index in [-0.39, 0.29) is 6.61 Å². The molecule has 0 aromatic heterocycles. The molecule has 90 valence electrons. The van der Waals surface area contributed by atoms with Crippen molar-refractivity contribution >= 4 is 0 Å². The first-order valence-electron chi connectivity index (χ1n) is 5.76. The summed E-state index contributed by atoms with van der Waals surface area (Å²) < 4.78 is 10.3. The highest BCUT2D eigenvalue weighted by Crippen LogP contribution is 2.23. The van der Waals surface area contributed by atoms with Crippen LogP contribution in [-0.4, -0.2) is 51.7 Å². The molecule has 0 bridgehead atoms. The Hall–Kier alpha value is -0.160. The molecule has 0 saturated carbocycles. The smallest absolute Gasteiger partial charge is 0.0587 e. The molecule has 1 heterocycles. The van der Waals surface area contributed by atoms with Gasteiger partial charge in [-0.25, -0.2) is 0 Å². The van der Waals surface area contributed by atoms with Gasteiger partial charge in [-0.2, -0.15) is 0 Å². The average molecular weight is 217 g/mol. The Morgan fingerprint density at radius 1 is 1.53 bits per heavy atom. The van der Waals surface area contributed by atoms with Gasteiger partial charge in [0.1, 0.15) is 0 Å². The lowest BCUT2D eigenvalue weighted by atomic mass is 9.89. The third kappa shape index (κ3) is 4.93. The molecular weight excluding hydrogens is 194 g/mol. The Labute approximate surface area is 92.0 Å². The van der Waals surface area contributed by atoms with Crippen molar-refractivity contribution in [3.63, 3.8) is 0 Å². The Bertz CT molecular complexity index is 149. The number of hydrogen-bond acceptors (Lipinski definition) is 4. The van der Waals surface area contributed by atoms with E-state index in [9.17, 15) is 5.11 Å². The summed E-state index contributed by atoms with van der Waals surface area (Å²) in [5.41, 5.74) is 0. The molecule has 1 aliphatic heterocycles. The molecule has 1 rings (SSSR count). The van der Waals surface area contributed by atoms with Crippen molar-refractivity contribution in [2.24, 2.45) is 11.8 Å². The van der Waals surface area contributed by atoms with Crippen LogP contribution in [0.4, 0.5) is 0 Å². The fourth-order valence-corrected chi connectivity index (χ4v) is 1.99. The molecule has 4 nitrogen and oxygen atoms in total. The first-order valence-corrected chi connectivity index (χ1v) is 5.76. The zero-order valence-corrected chi connectivity index (χ0v) is 9.58. The van der Waals surface area contributed by atoms with Gasteiger partial charge in [0, 0.05) is 33.5 Å². The van der Waals surface area contributed by atoms with Crippen LogP contribution in [0, 0.1) is 11.8 Å². The molecule has 0 aromatic carbocycles. The molecule has 2 N–H and O–H groups in total. The van der Waals surface area contributed by atoms with Gasteiger partial charge in [-0.1, -0.05) is 0 Å². The van der Waals surface area contributed by atoms with E-state index in [0.29, 0.717) is 11.8 Å². The van der Waals surface area contributed by atoms with Crippen LogP contribution in [0.15, 0.2) is 0 Å². The Balaban J connectivity index is 2.05. The van der Waals surface area contributed by atoms with E-state index in [1.54, 1.807) is 7.11 Å². The number of rotatable bonds is 8. The van der Waals surface area contributed by atoms with Crippen molar-refractivity contribution in [3.05, 3.63) is 0 Å². The molecule has 4 heteroatoms. The monoisotopic (exact) mass is 217 g/mol. The van der Waals surface area contributed by atoms with Crippen molar-refractivity contribution in [1.29, 1.82) is 0 Å². The van der Waals surface area contributed by atoms with Gasteiger partial charge in [0.2, 0.25) is 0 Å². The number of ether oxygens (including phenoxy) is 2. The maximum atomic E-state index is 9.28. The van der Waals surface area contributed by atoms with E-state index in [0.717, 1.165) is 45.8 Å². The molecule has 0 aromatic rings. The minimum absolute atomic E-state index is 0.278. The summed E-state index contributed by atoms with van der Waals surface area (Å²) in [6, 6.07) is 0. The first kappa shape index (κ1) is 12.9. The lowest BCUT2D eigenvalue weighted by molar-refractivity contribution is 0.133. The fourth-order valence-electron chi connectivity index (χ4n) is 1.99. The standard InChI is InChI=1S/C11H23NO3/c1-14-7-5-12-4-2-10(8-13)11-3-6-15-9-11/h10-13H,2-9H2,1H3. The number of hydrogen-bond donors (Lipinski definition) is 2. The zero-order chi connectivity index (χ0) is 10.9. The number of methoxy groups -OCH3 is 1. The third-order valence-corrected chi connectivity index (χ3v) is 3.04. The average Bonchev–Trinajstić information content (AvgIpc) is 2.77. The molecule has 2 atom stereocenters. The second-order valence-electron chi connectivity index (χ2n) is 4.10. The van der Waals surface area contributed by atoms with Crippen LogP contribution in [0.3, 0.4) is 0 Å². The van der Waals surface area contributed by atoms with E-state index < -0.39 is 0 Å². The molecule has 15 heavy (non-hydrogen) atoms. The Morgan fingerprint density at radius 2 is 2.40 bits per heavy atom. The molecular formula is C11H23NO3. The molecule has 0 spiro atoms. The molecule has 1 aliphatic rings. The minimum Gasteiger partial charge on any atom is -0.396 e. The van der Waals surface area contributed by atoms with Gasteiger partial charge in [-0.3, -0.25) is 0 Å². The van der Waals surface area contributed by atoms with Gasteiger partial charge in [0.15, 0.2) is 0 Å². The summed E-state index contributed by atoms with van der Waals surface area (Å²) in [5.74, 6) is 0.946. The van der Waals surface area contributed by atoms with Crippen LogP contribution in [0.5, 0.6) is 0 Å². The molecule has 0 radical (unpaired) electrons. The van der Waals surface area contributed by atoms with Gasteiger partial charge in [0.25, 0.3) is 0 Å². The van der Waals surface area contributed by atoms with E-state index in [2.05, 4.69) is 5.32 Å². The summed E-state index contributed by atoms with van der Waals surface area (Å²) >= 11 is 0. The maximum Gasteiger partial charge on any atom is 0.0587 e. The van der Waals surface area contributed by atoms with Crippen LogP contribution >= 0.6 is 0 Å². The van der Waals surface area contributed by atoms with E-state index in [4.69, 9.17) is 9.47 Å². The zero-order valence-electron chi connectivity index (χ0n) is 9.58. The van der Waals surface area contributed by atoms with Crippen molar-refractivity contribution in [2.45, 2.75) is 12.8 Å². The van der Waals surface area contributed by atoms with Crippen LogP contribution in [-0.2, 0) is 9.47 Å². The summed E-state index contributed by atoms with van der Waals surface area (Å²) in [5, 5.41) is 12.6. The summed E-state index contributed by atoms with van der Waals surface area (Å²) in [6.07, 6.45) is 2.12. The highest BCUT2D eigenvalue weighted by Gasteiger charge is 2.24. The van der Waals surface area contributed by atoms with Gasteiger partial charge >= 0.3 is 0 Å². The highest BCUT2D eigenvalue weighted by atomic mass is 16.5. The predicted molar refractivity (Wildman–Crippen MR) is 58.9 cm³/mol. The molecule has 1 fully saturated rings. The van der Waals surface area contributed by atoms with Crippen LogP contribution in [0.25, 0.3) is 0 Å². The largest absolute Gasteiger partial charge is 0.396 e. The normalized spacial score (nSPS) is 23.2. The molecule has 0 amide bonds. The second-order valence-corrected chi connectivity index (χ2v) is 4.10. The number of nitrogens with one attached hydrogen (secondary N) is 1. The number of aliphatic hydroxyl groups is 1. The second kappa shape index (κ2) is 8.05. The summed E-state index contributed by atoms with van der Waals surface area (Å²) in [6.45, 7) is 4.54. The lowest BCUT2D eigenvalue weighted by Crippen LogP contribution is -2.26. The quantitative estimate of drug-likeness (QED) is 0.573. The maximum absolute atomic E-state index is 9.28.